The van der Waals surface area contributed by atoms with Gasteiger partial charge in [0.2, 0.25) is 5.91 Å². The van der Waals surface area contributed by atoms with Crippen molar-refractivity contribution in [2.45, 2.75) is 23.8 Å². The first kappa shape index (κ1) is 18.5. The third-order valence-electron chi connectivity index (χ3n) is 2.72. The van der Waals surface area contributed by atoms with Gasteiger partial charge in [-0.05, 0) is 18.6 Å². The summed E-state index contributed by atoms with van der Waals surface area (Å²) in [6.45, 7) is 0. The van der Waals surface area contributed by atoms with E-state index in [-0.39, 0.29) is 18.5 Å². The first-order chi connectivity index (χ1) is 10.5. The van der Waals surface area contributed by atoms with E-state index in [1.165, 1.54) is 0 Å². The van der Waals surface area contributed by atoms with Crippen molar-refractivity contribution in [3.8, 4) is 0 Å². The molecule has 0 fully saturated rings. The normalized spacial score (nSPS) is 12.4. The summed E-state index contributed by atoms with van der Waals surface area (Å²) in [5.41, 5.74) is 4.26. The Kier molecular flexibility index (Phi) is 5.73. The predicted molar refractivity (Wildman–Crippen MR) is 76.4 cm³/mol. The third kappa shape index (κ3) is 5.28. The summed E-state index contributed by atoms with van der Waals surface area (Å²) >= 11 is 0. The molecule has 1 rings (SSSR count). The number of rotatable bonds is 7. The molecule has 0 aliphatic carbocycles. The highest BCUT2D eigenvalue weighted by atomic mass is 32.2. The summed E-state index contributed by atoms with van der Waals surface area (Å²) in [5, 5.41) is 21.5. The highest BCUT2D eigenvalue weighted by Gasteiger charge is 2.24. The Hall–Kier alpha value is -2.57. The molecule has 1 amide bonds. The Morgan fingerprint density at radius 3 is 2.48 bits per heavy atom. The van der Waals surface area contributed by atoms with Crippen LogP contribution in [0, 0.1) is 10.1 Å². The van der Waals surface area contributed by atoms with Gasteiger partial charge in [0.15, 0.2) is 4.90 Å². The number of amides is 1. The molecule has 0 radical (unpaired) electrons. The van der Waals surface area contributed by atoms with E-state index in [0.29, 0.717) is 0 Å². The zero-order valence-electron chi connectivity index (χ0n) is 11.5. The second-order valence-corrected chi connectivity index (χ2v) is 5.84. The molecule has 0 saturated heterocycles. The van der Waals surface area contributed by atoms with Crippen LogP contribution in [0.3, 0.4) is 0 Å². The number of carbonyl (C=O) groups excluding carboxylic acids is 1. The monoisotopic (exact) mass is 347 g/mol. The number of nitro groups is 1. The Morgan fingerprint density at radius 2 is 2.00 bits per heavy atom. The Morgan fingerprint density at radius 1 is 1.39 bits per heavy atom. The lowest BCUT2D eigenvalue weighted by atomic mass is 10.1. The number of carboxylic acid groups (broad SMARTS) is 1. The molecule has 1 aromatic rings. The molecule has 11 nitrogen and oxygen atoms in total. The molecule has 0 spiro atoms. The molecular weight excluding hydrogens is 334 g/mol. The first-order valence-electron chi connectivity index (χ1n) is 6.06. The van der Waals surface area contributed by atoms with Crippen LogP contribution >= 0.6 is 0 Å². The summed E-state index contributed by atoms with van der Waals surface area (Å²) < 4.78 is 31.3. The number of anilines is 1. The molecule has 0 aliphatic rings. The highest BCUT2D eigenvalue weighted by molar-refractivity contribution is 7.86. The maximum absolute atomic E-state index is 11.6. The van der Waals surface area contributed by atoms with Crippen molar-refractivity contribution in [2.75, 3.05) is 5.32 Å². The number of nitrogens with zero attached hydrogens (tertiary/aromatic N) is 1. The van der Waals surface area contributed by atoms with Gasteiger partial charge >= 0.3 is 16.1 Å². The molecule has 1 atom stereocenters. The van der Waals surface area contributed by atoms with Crippen LogP contribution in [0.25, 0.3) is 0 Å². The molecule has 0 aliphatic heterocycles. The number of aliphatic carboxylic acids is 1. The molecule has 0 aromatic heterocycles. The van der Waals surface area contributed by atoms with E-state index in [1.807, 2.05) is 0 Å². The second-order valence-electron chi connectivity index (χ2n) is 4.45. The largest absolute Gasteiger partial charge is 0.480 e. The van der Waals surface area contributed by atoms with E-state index in [0.717, 1.165) is 18.2 Å². The topological polar surface area (TPSA) is 190 Å². The lowest BCUT2D eigenvalue weighted by Crippen LogP contribution is -2.31. The van der Waals surface area contributed by atoms with Gasteiger partial charge < -0.3 is 16.2 Å². The van der Waals surface area contributed by atoms with E-state index in [2.05, 4.69) is 5.32 Å². The number of nitro benzene ring substituents is 1. The molecule has 0 heterocycles. The second kappa shape index (κ2) is 7.13. The Balaban J connectivity index is 2.92. The molecule has 23 heavy (non-hydrogen) atoms. The molecule has 12 heteroatoms. The van der Waals surface area contributed by atoms with E-state index in [1.54, 1.807) is 0 Å². The first-order valence-corrected chi connectivity index (χ1v) is 7.50. The zero-order valence-corrected chi connectivity index (χ0v) is 12.3. The third-order valence-corrected chi connectivity index (χ3v) is 3.60. The maximum Gasteiger partial charge on any atom is 0.320 e. The van der Waals surface area contributed by atoms with Crippen LogP contribution in [0.1, 0.15) is 12.8 Å². The molecule has 126 valence electrons. The van der Waals surface area contributed by atoms with Gasteiger partial charge in [0.05, 0.1) is 4.92 Å². The highest BCUT2D eigenvalue weighted by Crippen LogP contribution is 2.26. The Bertz CT molecular complexity index is 746. The lowest BCUT2D eigenvalue weighted by molar-refractivity contribution is -0.387. The number of carbonyl (C=O) groups is 2. The van der Waals surface area contributed by atoms with E-state index < -0.39 is 43.5 Å². The summed E-state index contributed by atoms with van der Waals surface area (Å²) in [5.74, 6) is -1.95. The zero-order chi connectivity index (χ0) is 17.8. The summed E-state index contributed by atoms with van der Waals surface area (Å²) in [7, 11) is -4.86. The van der Waals surface area contributed by atoms with Crippen molar-refractivity contribution in [3.63, 3.8) is 0 Å². The average molecular weight is 347 g/mol. The molecule has 1 aromatic carbocycles. The van der Waals surface area contributed by atoms with Crippen LogP contribution in [0.2, 0.25) is 0 Å². The van der Waals surface area contributed by atoms with Crippen LogP contribution in [-0.2, 0) is 19.7 Å². The van der Waals surface area contributed by atoms with E-state index in [9.17, 15) is 28.1 Å². The lowest BCUT2D eigenvalue weighted by Gasteiger charge is -2.08. The fourth-order valence-corrected chi connectivity index (χ4v) is 2.27. The predicted octanol–water partition coefficient (Wildman–Crippen LogP) is -0.0279. The van der Waals surface area contributed by atoms with Crippen molar-refractivity contribution < 1.29 is 32.6 Å². The number of hydrogen-bond acceptors (Lipinski definition) is 7. The molecule has 5 N–H and O–H groups in total. The molecular formula is C11H13N3O8S. The van der Waals surface area contributed by atoms with Crippen LogP contribution in [-0.4, -0.2) is 40.9 Å². The Labute approximate surface area is 130 Å². The number of hydrogen-bond donors (Lipinski definition) is 4. The van der Waals surface area contributed by atoms with Gasteiger partial charge in [-0.25, -0.2) is 0 Å². The number of benzene rings is 1. The van der Waals surface area contributed by atoms with Crippen molar-refractivity contribution in [3.05, 3.63) is 28.3 Å². The fourth-order valence-electron chi connectivity index (χ4n) is 1.58. The van der Waals surface area contributed by atoms with Gasteiger partial charge in [0.25, 0.3) is 5.69 Å². The fraction of sp³-hybridized carbons (Fsp3) is 0.273. The van der Waals surface area contributed by atoms with Gasteiger partial charge in [0, 0.05) is 18.2 Å². The number of nitrogens with one attached hydrogen (secondary N) is 1. The van der Waals surface area contributed by atoms with Crippen molar-refractivity contribution in [2.24, 2.45) is 5.73 Å². The molecule has 0 saturated carbocycles. The number of carboxylic acids is 1. The standard InChI is InChI=1S/C11H13N3O8S/c12-7(11(16)17)2-4-10(15)13-6-1-3-8(14(18)19)9(5-6)23(20,21)22/h1,3,5,7H,2,4,12H2,(H,13,15)(H,16,17)(H,20,21,22)/t7-/m0/s1. The van der Waals surface area contributed by atoms with Gasteiger partial charge in [-0.1, -0.05) is 0 Å². The minimum absolute atomic E-state index is 0.114. The maximum atomic E-state index is 11.6. The van der Waals surface area contributed by atoms with Gasteiger partial charge in [-0.3, -0.25) is 24.3 Å². The summed E-state index contributed by atoms with van der Waals surface area (Å²) in [4.78, 5) is 30.9. The number of nitrogens with two attached hydrogens (primary N) is 1. The van der Waals surface area contributed by atoms with Crippen LogP contribution in [0.5, 0.6) is 0 Å². The van der Waals surface area contributed by atoms with Crippen LogP contribution < -0.4 is 11.1 Å². The SMILES string of the molecule is N[C@@H](CCC(=O)Nc1ccc([N+](=O)[O-])c(S(=O)(=O)O)c1)C(=O)O. The summed E-state index contributed by atoms with van der Waals surface area (Å²) in [6.07, 6.45) is -0.412. The molecule has 0 bridgehead atoms. The van der Waals surface area contributed by atoms with Crippen molar-refractivity contribution >= 4 is 33.4 Å². The summed E-state index contributed by atoms with van der Waals surface area (Å²) in [6, 6.07) is 1.37. The average Bonchev–Trinajstić information content (AvgIpc) is 2.43. The smallest absolute Gasteiger partial charge is 0.320 e. The van der Waals surface area contributed by atoms with Gasteiger partial charge in [-0.15, -0.1) is 0 Å². The van der Waals surface area contributed by atoms with E-state index >= 15 is 0 Å². The van der Waals surface area contributed by atoms with Crippen LogP contribution in [0.4, 0.5) is 11.4 Å². The quantitative estimate of drug-likeness (QED) is 0.298. The van der Waals surface area contributed by atoms with Crippen LogP contribution in [0.15, 0.2) is 23.1 Å². The van der Waals surface area contributed by atoms with E-state index in [4.69, 9.17) is 15.4 Å². The minimum atomic E-state index is -4.86. The van der Waals surface area contributed by atoms with Crippen molar-refractivity contribution in [1.29, 1.82) is 0 Å². The molecule has 0 unspecified atom stereocenters. The van der Waals surface area contributed by atoms with Crippen molar-refractivity contribution in [1.82, 2.24) is 0 Å². The van der Waals surface area contributed by atoms with Gasteiger partial charge in [0.1, 0.15) is 6.04 Å². The van der Waals surface area contributed by atoms with Gasteiger partial charge in [-0.2, -0.15) is 8.42 Å². The minimum Gasteiger partial charge on any atom is -0.480 e.